The van der Waals surface area contributed by atoms with Gasteiger partial charge in [0.25, 0.3) is 0 Å². The zero-order chi connectivity index (χ0) is 26.8. The number of nitrogens with zero attached hydrogens (tertiary/aromatic N) is 1. The van der Waals surface area contributed by atoms with Crippen LogP contribution in [0.5, 0.6) is 11.5 Å². The maximum Gasteiger partial charge on any atom is 0.328 e. The summed E-state index contributed by atoms with van der Waals surface area (Å²) in [5.74, 6) is 0.615. The predicted octanol–water partition coefficient (Wildman–Crippen LogP) is 5.77. The Morgan fingerprint density at radius 3 is 2.54 bits per heavy atom. The Kier molecular flexibility index (Phi) is 7.83. The van der Waals surface area contributed by atoms with E-state index in [4.69, 9.17) is 18.9 Å². The van der Waals surface area contributed by atoms with Crippen molar-refractivity contribution < 1.29 is 32.2 Å². The van der Waals surface area contributed by atoms with Crippen molar-refractivity contribution in [3.05, 3.63) is 36.4 Å². The Morgan fingerprint density at radius 2 is 1.78 bits per heavy atom. The van der Waals surface area contributed by atoms with Gasteiger partial charge in [-0.15, -0.1) is 11.3 Å². The molecule has 8 nitrogen and oxygen atoms in total. The SMILES string of the molecule is CC.CC(C)(C)OC(=O)C1(S(=O)(=O)c2ccc3nc(-c4ccc5c(c4)OCO5)sc3c2)CCCOCC1. The van der Waals surface area contributed by atoms with Gasteiger partial charge in [0.05, 0.1) is 15.1 Å². The van der Waals surface area contributed by atoms with Crippen molar-refractivity contribution in [2.75, 3.05) is 20.0 Å². The van der Waals surface area contributed by atoms with Crippen molar-refractivity contribution in [1.82, 2.24) is 4.98 Å². The molecule has 0 radical (unpaired) electrons. The number of thiazole rings is 1. The number of hydrogen-bond acceptors (Lipinski definition) is 9. The third kappa shape index (κ3) is 5.32. The fraction of sp³-hybridized carbons (Fsp3) is 0.481. The van der Waals surface area contributed by atoms with Gasteiger partial charge in [-0.05, 0) is 70.0 Å². The summed E-state index contributed by atoms with van der Waals surface area (Å²) in [6.45, 7) is 9.98. The summed E-state index contributed by atoms with van der Waals surface area (Å²) in [6, 6.07) is 10.4. The van der Waals surface area contributed by atoms with E-state index in [0.717, 1.165) is 10.6 Å². The van der Waals surface area contributed by atoms with Crippen molar-refractivity contribution in [1.29, 1.82) is 0 Å². The molecule has 0 spiro atoms. The molecule has 3 heterocycles. The lowest BCUT2D eigenvalue weighted by Crippen LogP contribution is -2.50. The highest BCUT2D eigenvalue weighted by molar-refractivity contribution is 7.93. The number of ether oxygens (including phenoxy) is 4. The highest BCUT2D eigenvalue weighted by atomic mass is 32.2. The molecule has 2 aliphatic rings. The fourth-order valence-corrected chi connectivity index (χ4v) is 7.40. The van der Waals surface area contributed by atoms with Crippen LogP contribution in [0.25, 0.3) is 20.8 Å². The van der Waals surface area contributed by atoms with E-state index in [1.54, 1.807) is 32.9 Å². The minimum Gasteiger partial charge on any atom is -0.459 e. The van der Waals surface area contributed by atoms with E-state index in [-0.39, 0.29) is 31.1 Å². The molecule has 3 aromatic rings. The smallest absolute Gasteiger partial charge is 0.328 e. The summed E-state index contributed by atoms with van der Waals surface area (Å²) in [6.07, 6.45) is 0.649. The van der Waals surface area contributed by atoms with E-state index in [2.05, 4.69) is 4.98 Å². The maximum absolute atomic E-state index is 14.0. The largest absolute Gasteiger partial charge is 0.459 e. The molecule has 2 aromatic carbocycles. The Labute approximate surface area is 221 Å². The van der Waals surface area contributed by atoms with Crippen LogP contribution < -0.4 is 9.47 Å². The zero-order valence-corrected chi connectivity index (χ0v) is 23.5. The lowest BCUT2D eigenvalue weighted by molar-refractivity contribution is -0.158. The molecular weight excluding hydrogens is 514 g/mol. The summed E-state index contributed by atoms with van der Waals surface area (Å²) < 4.78 is 49.1. The van der Waals surface area contributed by atoms with E-state index in [1.807, 2.05) is 32.0 Å². The zero-order valence-electron chi connectivity index (χ0n) is 21.8. The van der Waals surface area contributed by atoms with E-state index in [9.17, 15) is 13.2 Å². The van der Waals surface area contributed by atoms with Crippen LogP contribution in [0.1, 0.15) is 53.9 Å². The third-order valence-electron chi connectivity index (χ3n) is 6.09. The van der Waals surface area contributed by atoms with Gasteiger partial charge in [-0.25, -0.2) is 13.4 Å². The van der Waals surface area contributed by atoms with E-state index >= 15 is 0 Å². The number of aromatic nitrogens is 1. The van der Waals surface area contributed by atoms with Gasteiger partial charge >= 0.3 is 5.97 Å². The Balaban J connectivity index is 0.00000156. The highest BCUT2D eigenvalue weighted by Crippen LogP contribution is 2.41. The molecule has 200 valence electrons. The number of rotatable bonds is 4. The number of carbonyl (C=O) groups excluding carboxylic acids is 1. The molecule has 1 atom stereocenters. The highest BCUT2D eigenvalue weighted by Gasteiger charge is 2.53. The Morgan fingerprint density at radius 1 is 1.03 bits per heavy atom. The van der Waals surface area contributed by atoms with Gasteiger partial charge < -0.3 is 18.9 Å². The van der Waals surface area contributed by atoms with Gasteiger partial charge in [-0.2, -0.15) is 0 Å². The summed E-state index contributed by atoms with van der Waals surface area (Å²) >= 11 is 1.38. The monoisotopic (exact) mass is 547 g/mol. The van der Waals surface area contributed by atoms with Gasteiger partial charge in [-0.1, -0.05) is 13.8 Å². The van der Waals surface area contributed by atoms with Gasteiger partial charge in [0.2, 0.25) is 6.79 Å². The average molecular weight is 548 g/mol. The first-order chi connectivity index (χ1) is 17.6. The average Bonchev–Trinajstić information content (AvgIpc) is 3.42. The van der Waals surface area contributed by atoms with Crippen LogP contribution in [0.15, 0.2) is 41.3 Å². The lowest BCUT2D eigenvalue weighted by atomic mass is 9.99. The van der Waals surface area contributed by atoms with Crippen LogP contribution in [0.3, 0.4) is 0 Å². The first kappa shape index (κ1) is 27.3. The topological polar surface area (TPSA) is 101 Å². The predicted molar refractivity (Wildman–Crippen MR) is 143 cm³/mol. The summed E-state index contributed by atoms with van der Waals surface area (Å²) in [4.78, 5) is 18.1. The normalized spacial score (nSPS) is 19.6. The van der Waals surface area contributed by atoms with Crippen molar-refractivity contribution in [3.63, 3.8) is 0 Å². The number of esters is 1. The summed E-state index contributed by atoms with van der Waals surface area (Å²) in [7, 11) is -4.09. The van der Waals surface area contributed by atoms with Crippen LogP contribution in [-0.2, 0) is 24.1 Å². The molecule has 0 aliphatic carbocycles. The Bertz CT molecular complexity index is 1380. The van der Waals surface area contributed by atoms with E-state index in [0.29, 0.717) is 34.7 Å². The van der Waals surface area contributed by atoms with Gasteiger partial charge in [0.15, 0.2) is 26.1 Å². The summed E-state index contributed by atoms with van der Waals surface area (Å²) in [5, 5.41) is 0.734. The first-order valence-corrected chi connectivity index (χ1v) is 14.8. The molecule has 1 aromatic heterocycles. The standard InChI is InChI=1S/C25H27NO7S2.C2H6/c1-24(2,3)33-23(27)25(9-4-11-30-12-10-25)35(28,29)17-6-7-18-21(14-17)34-22(26-18)16-5-8-19-20(13-16)32-15-31-19;1-2/h5-8,13-14H,4,9-12,15H2,1-3H3;1-2H3. The second kappa shape index (κ2) is 10.6. The molecule has 5 rings (SSSR count). The van der Waals surface area contributed by atoms with Crippen LogP contribution in [0.4, 0.5) is 0 Å². The van der Waals surface area contributed by atoms with Crippen LogP contribution in [0.2, 0.25) is 0 Å². The van der Waals surface area contributed by atoms with Crippen LogP contribution >= 0.6 is 11.3 Å². The third-order valence-corrected chi connectivity index (χ3v) is 9.64. The van der Waals surface area contributed by atoms with Gasteiger partial charge in [-0.3, -0.25) is 4.79 Å². The van der Waals surface area contributed by atoms with Crippen molar-refractivity contribution in [2.24, 2.45) is 0 Å². The minimum absolute atomic E-state index is 0.0490. The second-order valence-electron chi connectivity index (χ2n) is 9.68. The number of hydrogen-bond donors (Lipinski definition) is 0. The molecule has 1 saturated heterocycles. The molecule has 0 saturated carbocycles. The molecule has 1 fully saturated rings. The molecule has 0 N–H and O–H groups in total. The maximum atomic E-state index is 14.0. The van der Waals surface area contributed by atoms with Gasteiger partial charge in [0.1, 0.15) is 10.6 Å². The summed E-state index contributed by atoms with van der Waals surface area (Å²) in [5.41, 5.74) is 0.719. The number of sulfone groups is 1. The number of benzene rings is 2. The van der Waals surface area contributed by atoms with Crippen molar-refractivity contribution >= 4 is 37.4 Å². The fourth-order valence-electron chi connectivity index (χ4n) is 4.33. The minimum atomic E-state index is -4.09. The van der Waals surface area contributed by atoms with Crippen molar-refractivity contribution in [3.8, 4) is 22.1 Å². The molecule has 1 unspecified atom stereocenters. The van der Waals surface area contributed by atoms with E-state index < -0.39 is 26.2 Å². The molecule has 2 aliphatic heterocycles. The van der Waals surface area contributed by atoms with Crippen molar-refractivity contribution in [2.45, 2.75) is 69.1 Å². The second-order valence-corrected chi connectivity index (χ2v) is 13.0. The number of fused-ring (bicyclic) bond motifs is 2. The number of carbonyl (C=O) groups is 1. The van der Waals surface area contributed by atoms with E-state index in [1.165, 1.54) is 17.4 Å². The molecule has 10 heteroatoms. The quantitative estimate of drug-likeness (QED) is 0.379. The van der Waals surface area contributed by atoms with Gasteiger partial charge in [0, 0.05) is 25.2 Å². The Hall–Kier alpha value is -2.69. The molecule has 0 bridgehead atoms. The first-order valence-electron chi connectivity index (χ1n) is 12.5. The van der Waals surface area contributed by atoms with Crippen LogP contribution in [0, 0.1) is 0 Å². The molecule has 0 amide bonds. The lowest BCUT2D eigenvalue weighted by Gasteiger charge is -2.33. The molecular formula is C27H33NO7S2. The van der Waals surface area contributed by atoms with Crippen LogP contribution in [-0.4, -0.2) is 49.7 Å². The molecule has 37 heavy (non-hydrogen) atoms.